The highest BCUT2D eigenvalue weighted by atomic mass is 32.2. The molecule has 0 saturated carbocycles. The van der Waals surface area contributed by atoms with Crippen LogP contribution in [0.25, 0.3) is 0 Å². The number of carbonyl (C=O) groups is 1. The van der Waals surface area contributed by atoms with Crippen molar-refractivity contribution in [3.05, 3.63) is 29.3 Å². The maximum Gasteiger partial charge on any atom is 0.243 e. The van der Waals surface area contributed by atoms with Crippen LogP contribution in [0.1, 0.15) is 37.8 Å². The summed E-state index contributed by atoms with van der Waals surface area (Å²) in [4.78, 5) is 12.3. The summed E-state index contributed by atoms with van der Waals surface area (Å²) in [6.45, 7) is 7.95. The number of nitrogens with zero attached hydrogens (tertiary/aromatic N) is 1. The lowest BCUT2D eigenvalue weighted by molar-refractivity contribution is -0.121. The standard InChI is InChI=1S/C16H26N2O3S/c1-6-7-10-17-16(19)14(4)18(22(5,20)21)15-11-12(2)8-9-13(15)3/h8-9,11,14H,6-7,10H2,1-5H3,(H,17,19)/t14-/m0/s1. The minimum absolute atomic E-state index is 0.278. The molecule has 0 aliphatic heterocycles. The average molecular weight is 326 g/mol. The molecule has 1 amide bonds. The minimum atomic E-state index is -3.56. The first-order chi connectivity index (χ1) is 10.2. The van der Waals surface area contributed by atoms with Gasteiger partial charge in [0, 0.05) is 6.54 Å². The molecular formula is C16H26N2O3S. The first kappa shape index (κ1) is 18.5. The van der Waals surface area contributed by atoms with Crippen molar-refractivity contribution in [2.24, 2.45) is 0 Å². The summed E-state index contributed by atoms with van der Waals surface area (Å²) in [6.07, 6.45) is 2.98. The zero-order valence-electron chi connectivity index (χ0n) is 14.0. The molecule has 0 spiro atoms. The predicted octanol–water partition coefficient (Wildman–Crippen LogP) is 2.37. The van der Waals surface area contributed by atoms with Crippen molar-refractivity contribution in [3.63, 3.8) is 0 Å². The van der Waals surface area contributed by atoms with Gasteiger partial charge in [-0.15, -0.1) is 0 Å². The largest absolute Gasteiger partial charge is 0.354 e. The molecule has 0 radical (unpaired) electrons. The normalized spacial score (nSPS) is 12.8. The maximum absolute atomic E-state index is 12.3. The van der Waals surface area contributed by atoms with E-state index >= 15 is 0 Å². The van der Waals surface area contributed by atoms with Gasteiger partial charge in [-0.2, -0.15) is 0 Å². The van der Waals surface area contributed by atoms with Gasteiger partial charge >= 0.3 is 0 Å². The SMILES string of the molecule is CCCCNC(=O)[C@H](C)N(c1cc(C)ccc1C)S(C)(=O)=O. The van der Waals surface area contributed by atoms with Crippen LogP contribution in [0.4, 0.5) is 5.69 Å². The van der Waals surface area contributed by atoms with Gasteiger partial charge in [0.1, 0.15) is 6.04 Å². The summed E-state index contributed by atoms with van der Waals surface area (Å²) in [5.74, 6) is -0.278. The number of hydrogen-bond donors (Lipinski definition) is 1. The Hall–Kier alpha value is -1.56. The van der Waals surface area contributed by atoms with Gasteiger partial charge in [0.15, 0.2) is 0 Å². The molecular weight excluding hydrogens is 300 g/mol. The van der Waals surface area contributed by atoms with Crippen LogP contribution in [0.15, 0.2) is 18.2 Å². The highest BCUT2D eigenvalue weighted by Gasteiger charge is 2.29. The topological polar surface area (TPSA) is 66.5 Å². The number of anilines is 1. The molecule has 1 aromatic carbocycles. The molecule has 0 aliphatic carbocycles. The van der Waals surface area contributed by atoms with Crippen molar-refractivity contribution in [3.8, 4) is 0 Å². The third-order valence-electron chi connectivity index (χ3n) is 3.52. The number of benzene rings is 1. The van der Waals surface area contributed by atoms with Gasteiger partial charge in [0.25, 0.3) is 0 Å². The van der Waals surface area contributed by atoms with Crippen LogP contribution in [0.3, 0.4) is 0 Å². The molecule has 0 bridgehead atoms. The molecule has 0 heterocycles. The fourth-order valence-electron chi connectivity index (χ4n) is 2.27. The molecule has 1 rings (SSSR count). The Kier molecular flexibility index (Phi) is 6.41. The van der Waals surface area contributed by atoms with Crippen molar-refractivity contribution in [2.75, 3.05) is 17.1 Å². The summed E-state index contributed by atoms with van der Waals surface area (Å²) in [5, 5.41) is 2.79. The van der Waals surface area contributed by atoms with Gasteiger partial charge in [-0.05, 0) is 44.4 Å². The molecule has 124 valence electrons. The summed E-state index contributed by atoms with van der Waals surface area (Å²) in [5.41, 5.74) is 2.33. The number of sulfonamides is 1. The molecule has 1 N–H and O–H groups in total. The van der Waals surface area contributed by atoms with E-state index in [0.717, 1.165) is 30.2 Å². The van der Waals surface area contributed by atoms with Crippen LogP contribution in [0.2, 0.25) is 0 Å². The lowest BCUT2D eigenvalue weighted by atomic mass is 10.1. The zero-order valence-corrected chi connectivity index (χ0v) is 14.8. The van der Waals surface area contributed by atoms with E-state index in [2.05, 4.69) is 5.32 Å². The average Bonchev–Trinajstić information content (AvgIpc) is 2.41. The van der Waals surface area contributed by atoms with E-state index in [1.807, 2.05) is 32.9 Å². The predicted molar refractivity (Wildman–Crippen MR) is 90.6 cm³/mol. The Balaban J connectivity index is 3.14. The van der Waals surface area contributed by atoms with E-state index in [-0.39, 0.29) is 5.91 Å². The van der Waals surface area contributed by atoms with Crippen LogP contribution in [-0.4, -0.2) is 33.2 Å². The zero-order chi connectivity index (χ0) is 16.9. The minimum Gasteiger partial charge on any atom is -0.354 e. The molecule has 1 aromatic rings. The van der Waals surface area contributed by atoms with Gasteiger partial charge in [-0.25, -0.2) is 8.42 Å². The Morgan fingerprint density at radius 3 is 2.50 bits per heavy atom. The molecule has 0 unspecified atom stereocenters. The summed E-state index contributed by atoms with van der Waals surface area (Å²) in [6, 6.07) is 4.80. The highest BCUT2D eigenvalue weighted by molar-refractivity contribution is 7.92. The molecule has 0 saturated heterocycles. The first-order valence-corrected chi connectivity index (χ1v) is 9.37. The fourth-order valence-corrected chi connectivity index (χ4v) is 3.50. The fraction of sp³-hybridized carbons (Fsp3) is 0.562. The van der Waals surface area contributed by atoms with E-state index in [9.17, 15) is 13.2 Å². The number of nitrogens with one attached hydrogen (secondary N) is 1. The number of unbranched alkanes of at least 4 members (excludes halogenated alkanes) is 1. The van der Waals surface area contributed by atoms with E-state index in [0.29, 0.717) is 12.2 Å². The number of amides is 1. The number of hydrogen-bond acceptors (Lipinski definition) is 3. The molecule has 1 atom stereocenters. The van der Waals surface area contributed by atoms with Crippen molar-refractivity contribution in [1.29, 1.82) is 0 Å². The Morgan fingerprint density at radius 2 is 1.95 bits per heavy atom. The van der Waals surface area contributed by atoms with Gasteiger partial charge in [-0.1, -0.05) is 25.5 Å². The van der Waals surface area contributed by atoms with Gasteiger partial charge in [0.05, 0.1) is 11.9 Å². The lowest BCUT2D eigenvalue weighted by Crippen LogP contribution is -2.48. The van der Waals surface area contributed by atoms with Crippen molar-refractivity contribution in [1.82, 2.24) is 5.32 Å². The molecule has 0 fully saturated rings. The maximum atomic E-state index is 12.3. The molecule has 5 nitrogen and oxygen atoms in total. The Bertz CT molecular complexity index is 626. The van der Waals surface area contributed by atoms with E-state index in [1.165, 1.54) is 4.31 Å². The first-order valence-electron chi connectivity index (χ1n) is 7.52. The van der Waals surface area contributed by atoms with Gasteiger partial charge in [0.2, 0.25) is 15.9 Å². The second kappa shape index (κ2) is 7.63. The van der Waals surface area contributed by atoms with E-state index in [4.69, 9.17) is 0 Å². The number of rotatable bonds is 7. The van der Waals surface area contributed by atoms with Crippen LogP contribution >= 0.6 is 0 Å². The Morgan fingerprint density at radius 1 is 1.32 bits per heavy atom. The van der Waals surface area contributed by atoms with Crippen LogP contribution in [0.5, 0.6) is 0 Å². The third-order valence-corrected chi connectivity index (χ3v) is 4.75. The van der Waals surface area contributed by atoms with Crippen LogP contribution in [0, 0.1) is 13.8 Å². The number of aryl methyl sites for hydroxylation is 2. The smallest absolute Gasteiger partial charge is 0.243 e. The summed E-state index contributed by atoms with van der Waals surface area (Å²) < 4.78 is 25.6. The Labute approximate surface area is 133 Å². The molecule has 0 aromatic heterocycles. The summed E-state index contributed by atoms with van der Waals surface area (Å²) in [7, 11) is -3.56. The van der Waals surface area contributed by atoms with E-state index in [1.54, 1.807) is 13.0 Å². The monoisotopic (exact) mass is 326 g/mol. The van der Waals surface area contributed by atoms with Crippen LogP contribution in [-0.2, 0) is 14.8 Å². The quantitative estimate of drug-likeness (QED) is 0.782. The van der Waals surface area contributed by atoms with Crippen molar-refractivity contribution < 1.29 is 13.2 Å². The third kappa shape index (κ3) is 4.73. The van der Waals surface area contributed by atoms with Crippen molar-refractivity contribution in [2.45, 2.75) is 46.6 Å². The van der Waals surface area contributed by atoms with Crippen molar-refractivity contribution >= 4 is 21.6 Å². The second-order valence-corrected chi connectivity index (χ2v) is 7.53. The van der Waals surface area contributed by atoms with Crippen LogP contribution < -0.4 is 9.62 Å². The van der Waals surface area contributed by atoms with Gasteiger partial charge < -0.3 is 5.32 Å². The second-order valence-electron chi connectivity index (χ2n) is 5.67. The lowest BCUT2D eigenvalue weighted by Gasteiger charge is -2.29. The van der Waals surface area contributed by atoms with E-state index < -0.39 is 16.1 Å². The molecule has 6 heteroatoms. The molecule has 22 heavy (non-hydrogen) atoms. The number of carbonyl (C=O) groups excluding carboxylic acids is 1. The summed E-state index contributed by atoms with van der Waals surface area (Å²) >= 11 is 0. The molecule has 0 aliphatic rings. The highest BCUT2D eigenvalue weighted by Crippen LogP contribution is 2.26. The van der Waals surface area contributed by atoms with Gasteiger partial charge in [-0.3, -0.25) is 9.10 Å².